The van der Waals surface area contributed by atoms with Crippen LogP contribution in [0.15, 0.2) is 60.9 Å². The van der Waals surface area contributed by atoms with Crippen molar-refractivity contribution in [2.24, 2.45) is 5.92 Å². The van der Waals surface area contributed by atoms with E-state index >= 15 is 0 Å². The Bertz CT molecular complexity index is 1310. The van der Waals surface area contributed by atoms with Gasteiger partial charge in [0.2, 0.25) is 0 Å². The van der Waals surface area contributed by atoms with Crippen molar-refractivity contribution in [2.75, 3.05) is 25.4 Å². The highest BCUT2D eigenvalue weighted by Crippen LogP contribution is 2.41. The Kier molecular flexibility index (Phi) is 6.55. The van der Waals surface area contributed by atoms with Gasteiger partial charge in [0, 0.05) is 18.0 Å². The molecule has 2 aromatic heterocycles. The SMILES string of the molecule is Nc1ncnn2c(C3CCC(CN4CCCCC4)C3)nc(-c3cccc(OCc4ccccc4)c3)c12. The first-order chi connectivity index (χ1) is 17.7. The predicted molar refractivity (Wildman–Crippen MR) is 142 cm³/mol. The Labute approximate surface area is 212 Å². The number of nitrogen functional groups attached to an aromatic ring is 1. The molecule has 2 aliphatic rings. The molecule has 2 atom stereocenters. The van der Waals surface area contributed by atoms with E-state index in [0.29, 0.717) is 18.3 Å². The number of benzene rings is 2. The summed E-state index contributed by atoms with van der Waals surface area (Å²) < 4.78 is 8.02. The number of piperidine rings is 1. The lowest BCUT2D eigenvalue weighted by atomic mass is 10.0. The minimum atomic E-state index is 0.382. The highest BCUT2D eigenvalue weighted by atomic mass is 16.5. The molecule has 186 valence electrons. The number of imidazole rings is 1. The van der Waals surface area contributed by atoms with E-state index in [0.717, 1.165) is 52.7 Å². The molecule has 0 radical (unpaired) electrons. The largest absolute Gasteiger partial charge is 0.489 e. The van der Waals surface area contributed by atoms with Crippen molar-refractivity contribution in [2.45, 2.75) is 51.0 Å². The van der Waals surface area contributed by atoms with Gasteiger partial charge in [0.25, 0.3) is 0 Å². The summed E-state index contributed by atoms with van der Waals surface area (Å²) in [5.41, 5.74) is 10.1. The number of fused-ring (bicyclic) bond motifs is 1. The third-order valence-electron chi connectivity index (χ3n) is 7.71. The summed E-state index contributed by atoms with van der Waals surface area (Å²) in [6, 6.07) is 18.3. The van der Waals surface area contributed by atoms with Gasteiger partial charge in [0.1, 0.15) is 35.7 Å². The lowest BCUT2D eigenvalue weighted by molar-refractivity contribution is 0.196. The van der Waals surface area contributed by atoms with Gasteiger partial charge in [0.05, 0.1) is 0 Å². The van der Waals surface area contributed by atoms with E-state index in [1.807, 2.05) is 40.9 Å². The van der Waals surface area contributed by atoms with E-state index in [4.69, 9.17) is 15.5 Å². The van der Waals surface area contributed by atoms with E-state index in [9.17, 15) is 0 Å². The van der Waals surface area contributed by atoms with Crippen molar-refractivity contribution < 1.29 is 4.74 Å². The molecule has 36 heavy (non-hydrogen) atoms. The zero-order chi connectivity index (χ0) is 24.3. The minimum absolute atomic E-state index is 0.382. The second kappa shape index (κ2) is 10.3. The van der Waals surface area contributed by atoms with Crippen LogP contribution in [-0.2, 0) is 6.61 Å². The number of ether oxygens (including phenoxy) is 1. The van der Waals surface area contributed by atoms with E-state index in [-0.39, 0.29) is 0 Å². The average molecular weight is 483 g/mol. The lowest BCUT2D eigenvalue weighted by Crippen LogP contribution is -2.33. The molecular formula is C29H34N6O. The fourth-order valence-electron chi connectivity index (χ4n) is 5.90. The summed E-state index contributed by atoms with van der Waals surface area (Å²) in [6.45, 7) is 4.24. The van der Waals surface area contributed by atoms with Crippen molar-refractivity contribution in [1.29, 1.82) is 0 Å². The molecule has 0 spiro atoms. The van der Waals surface area contributed by atoms with Gasteiger partial charge in [-0.3, -0.25) is 0 Å². The number of aromatic nitrogens is 4. The Morgan fingerprint density at radius 2 is 1.83 bits per heavy atom. The minimum Gasteiger partial charge on any atom is -0.489 e. The van der Waals surface area contributed by atoms with Crippen molar-refractivity contribution in [3.05, 3.63) is 72.3 Å². The third-order valence-corrected chi connectivity index (χ3v) is 7.71. The molecule has 0 amide bonds. The summed E-state index contributed by atoms with van der Waals surface area (Å²) in [4.78, 5) is 12.1. The van der Waals surface area contributed by atoms with Crippen molar-refractivity contribution in [3.8, 4) is 17.0 Å². The standard InChI is InChI=1S/C29H34N6O/c30-28-27-26(23-10-7-11-25(17-23)36-19-21-8-3-1-4-9-21)33-29(35(27)32-20-31-28)24-13-12-22(16-24)18-34-14-5-2-6-15-34/h1,3-4,7-11,17,20,22,24H,2,5-6,12-16,18-19H2,(H2,30,31,32). The molecule has 1 saturated carbocycles. The predicted octanol–water partition coefficient (Wildman–Crippen LogP) is 5.32. The van der Waals surface area contributed by atoms with Gasteiger partial charge in [-0.2, -0.15) is 5.10 Å². The lowest BCUT2D eigenvalue weighted by Gasteiger charge is -2.29. The molecule has 2 unspecified atom stereocenters. The molecule has 7 nitrogen and oxygen atoms in total. The number of nitrogens with two attached hydrogens (primary N) is 1. The number of hydrogen-bond acceptors (Lipinski definition) is 6. The molecule has 3 heterocycles. The van der Waals surface area contributed by atoms with E-state index in [2.05, 4.69) is 33.2 Å². The summed E-state index contributed by atoms with van der Waals surface area (Å²) >= 11 is 0. The van der Waals surface area contributed by atoms with Crippen LogP contribution < -0.4 is 10.5 Å². The topological polar surface area (TPSA) is 81.6 Å². The molecule has 7 heteroatoms. The molecule has 1 aliphatic carbocycles. The quantitative estimate of drug-likeness (QED) is 0.384. The van der Waals surface area contributed by atoms with Crippen LogP contribution in [0.25, 0.3) is 16.8 Å². The number of rotatable bonds is 7. The van der Waals surface area contributed by atoms with Crippen molar-refractivity contribution in [1.82, 2.24) is 24.5 Å². The molecular weight excluding hydrogens is 448 g/mol. The molecule has 1 aliphatic heterocycles. The number of hydrogen-bond donors (Lipinski definition) is 1. The van der Waals surface area contributed by atoms with Crippen molar-refractivity contribution >= 4 is 11.3 Å². The number of anilines is 1. The highest BCUT2D eigenvalue weighted by molar-refractivity contribution is 5.85. The number of nitrogens with zero attached hydrogens (tertiary/aromatic N) is 5. The highest BCUT2D eigenvalue weighted by Gasteiger charge is 2.32. The van der Waals surface area contributed by atoms with Gasteiger partial charge in [-0.25, -0.2) is 14.5 Å². The first kappa shape index (κ1) is 23.0. The maximum absolute atomic E-state index is 6.38. The van der Waals surface area contributed by atoms with Crippen LogP contribution in [0.3, 0.4) is 0 Å². The third kappa shape index (κ3) is 4.80. The van der Waals surface area contributed by atoms with Crippen LogP contribution in [-0.4, -0.2) is 44.1 Å². The first-order valence-corrected chi connectivity index (χ1v) is 13.2. The first-order valence-electron chi connectivity index (χ1n) is 13.2. The van der Waals surface area contributed by atoms with Gasteiger partial charge in [-0.15, -0.1) is 0 Å². The summed E-state index contributed by atoms with van der Waals surface area (Å²) in [5.74, 6) is 3.37. The Morgan fingerprint density at radius 1 is 0.972 bits per heavy atom. The van der Waals surface area contributed by atoms with Crippen LogP contribution in [0.5, 0.6) is 5.75 Å². The van der Waals surface area contributed by atoms with Crippen LogP contribution >= 0.6 is 0 Å². The monoisotopic (exact) mass is 482 g/mol. The van der Waals surface area contributed by atoms with Gasteiger partial charge in [-0.05, 0) is 68.8 Å². The van der Waals surface area contributed by atoms with Crippen LogP contribution in [0, 0.1) is 5.92 Å². The zero-order valence-electron chi connectivity index (χ0n) is 20.7. The zero-order valence-corrected chi connectivity index (χ0v) is 20.7. The molecule has 2 N–H and O–H groups in total. The molecule has 2 fully saturated rings. The molecule has 6 rings (SSSR count). The maximum atomic E-state index is 6.38. The maximum Gasteiger partial charge on any atom is 0.153 e. The molecule has 1 saturated heterocycles. The van der Waals surface area contributed by atoms with Gasteiger partial charge in [0.15, 0.2) is 5.82 Å². The Balaban J connectivity index is 1.26. The van der Waals surface area contributed by atoms with Crippen LogP contribution in [0.1, 0.15) is 55.8 Å². The van der Waals surface area contributed by atoms with Gasteiger partial charge >= 0.3 is 0 Å². The van der Waals surface area contributed by atoms with E-state index in [1.54, 1.807) is 0 Å². The summed E-state index contributed by atoms with van der Waals surface area (Å²) in [5, 5.41) is 4.59. The average Bonchev–Trinajstić information content (AvgIpc) is 3.54. The molecule has 2 aromatic carbocycles. The van der Waals surface area contributed by atoms with Crippen LogP contribution in [0.4, 0.5) is 5.82 Å². The second-order valence-corrected chi connectivity index (χ2v) is 10.3. The summed E-state index contributed by atoms with van der Waals surface area (Å²) in [6.07, 6.45) is 9.14. The van der Waals surface area contributed by atoms with E-state index < -0.39 is 0 Å². The smallest absolute Gasteiger partial charge is 0.153 e. The fourth-order valence-corrected chi connectivity index (χ4v) is 5.90. The number of likely N-dealkylation sites (tertiary alicyclic amines) is 1. The fraction of sp³-hybridized carbons (Fsp3) is 0.414. The Morgan fingerprint density at radius 3 is 2.69 bits per heavy atom. The molecule has 4 aromatic rings. The normalized spacial score (nSPS) is 20.7. The van der Waals surface area contributed by atoms with Crippen molar-refractivity contribution in [3.63, 3.8) is 0 Å². The molecule has 0 bridgehead atoms. The summed E-state index contributed by atoms with van der Waals surface area (Å²) in [7, 11) is 0. The second-order valence-electron chi connectivity index (χ2n) is 10.3. The van der Waals surface area contributed by atoms with Crippen LogP contribution in [0.2, 0.25) is 0 Å². The van der Waals surface area contributed by atoms with Gasteiger partial charge in [-0.1, -0.05) is 48.9 Å². The van der Waals surface area contributed by atoms with E-state index in [1.165, 1.54) is 51.6 Å². The Hall–Kier alpha value is -3.45. The van der Waals surface area contributed by atoms with Gasteiger partial charge < -0.3 is 15.4 Å².